The summed E-state index contributed by atoms with van der Waals surface area (Å²) < 4.78 is 20.0. The SMILES string of the molecule is COc1ccc(F)cc1-c1c(N)cnn1C. The fourth-order valence-electron chi connectivity index (χ4n) is 1.65. The molecular formula is C11H12FN3O. The maximum atomic E-state index is 13.2. The van der Waals surface area contributed by atoms with Gasteiger partial charge in [0.25, 0.3) is 0 Å². The normalized spacial score (nSPS) is 10.4. The molecule has 0 fully saturated rings. The molecule has 2 N–H and O–H groups in total. The van der Waals surface area contributed by atoms with Gasteiger partial charge in [-0.1, -0.05) is 0 Å². The second kappa shape index (κ2) is 3.84. The van der Waals surface area contributed by atoms with Crippen LogP contribution in [-0.2, 0) is 7.05 Å². The lowest BCUT2D eigenvalue weighted by molar-refractivity contribution is 0.415. The van der Waals surface area contributed by atoms with Crippen molar-refractivity contribution in [1.82, 2.24) is 9.78 Å². The summed E-state index contributed by atoms with van der Waals surface area (Å²) in [5.74, 6) is 0.230. The number of aryl methyl sites for hydroxylation is 1. The predicted molar refractivity (Wildman–Crippen MR) is 59.6 cm³/mol. The quantitative estimate of drug-likeness (QED) is 0.841. The Labute approximate surface area is 92.4 Å². The molecule has 16 heavy (non-hydrogen) atoms. The van der Waals surface area contributed by atoms with Gasteiger partial charge in [-0.2, -0.15) is 5.10 Å². The van der Waals surface area contributed by atoms with Crippen molar-refractivity contribution >= 4 is 5.69 Å². The lowest BCUT2D eigenvalue weighted by atomic mass is 10.1. The Morgan fingerprint density at radius 1 is 1.44 bits per heavy atom. The average Bonchev–Trinajstić information content (AvgIpc) is 2.58. The number of methoxy groups -OCH3 is 1. The number of rotatable bonds is 2. The molecule has 1 aromatic carbocycles. The van der Waals surface area contributed by atoms with Gasteiger partial charge in [0.15, 0.2) is 0 Å². The number of halogens is 1. The number of hydrogen-bond donors (Lipinski definition) is 1. The summed E-state index contributed by atoms with van der Waals surface area (Å²) in [6, 6.07) is 4.29. The van der Waals surface area contributed by atoms with Crippen LogP contribution in [0.2, 0.25) is 0 Å². The Balaban J connectivity index is 2.67. The molecule has 1 aromatic heterocycles. The van der Waals surface area contributed by atoms with Gasteiger partial charge in [-0.3, -0.25) is 4.68 Å². The zero-order valence-electron chi connectivity index (χ0n) is 9.07. The molecule has 2 rings (SSSR count). The summed E-state index contributed by atoms with van der Waals surface area (Å²) in [5, 5.41) is 4.01. The summed E-state index contributed by atoms with van der Waals surface area (Å²) in [4.78, 5) is 0. The van der Waals surface area contributed by atoms with Gasteiger partial charge >= 0.3 is 0 Å². The monoisotopic (exact) mass is 221 g/mol. The molecule has 0 bridgehead atoms. The summed E-state index contributed by atoms with van der Waals surface area (Å²) in [5.41, 5.74) is 7.52. The lowest BCUT2D eigenvalue weighted by Crippen LogP contribution is -1.98. The number of aromatic nitrogens is 2. The van der Waals surface area contributed by atoms with Gasteiger partial charge in [0, 0.05) is 12.6 Å². The van der Waals surface area contributed by atoms with Crippen molar-refractivity contribution in [3.05, 3.63) is 30.2 Å². The molecule has 2 aromatic rings. The molecule has 0 saturated carbocycles. The van der Waals surface area contributed by atoms with Gasteiger partial charge in [0.2, 0.25) is 0 Å². The van der Waals surface area contributed by atoms with Crippen molar-refractivity contribution in [2.45, 2.75) is 0 Å². The molecule has 5 heteroatoms. The van der Waals surface area contributed by atoms with E-state index < -0.39 is 0 Å². The van der Waals surface area contributed by atoms with Crippen LogP contribution in [0.25, 0.3) is 11.3 Å². The minimum absolute atomic E-state index is 0.337. The van der Waals surface area contributed by atoms with Gasteiger partial charge < -0.3 is 10.5 Å². The zero-order chi connectivity index (χ0) is 11.7. The Morgan fingerprint density at radius 2 is 2.19 bits per heavy atom. The van der Waals surface area contributed by atoms with Crippen LogP contribution >= 0.6 is 0 Å². The van der Waals surface area contributed by atoms with Gasteiger partial charge in [0.1, 0.15) is 11.6 Å². The third kappa shape index (κ3) is 1.60. The third-order valence-electron chi connectivity index (χ3n) is 2.38. The van der Waals surface area contributed by atoms with E-state index in [1.165, 1.54) is 25.4 Å². The van der Waals surface area contributed by atoms with Gasteiger partial charge in [-0.05, 0) is 18.2 Å². The molecule has 84 valence electrons. The fourth-order valence-corrected chi connectivity index (χ4v) is 1.65. The first-order valence-electron chi connectivity index (χ1n) is 4.75. The zero-order valence-corrected chi connectivity index (χ0v) is 9.07. The molecule has 0 aliphatic carbocycles. The van der Waals surface area contributed by atoms with E-state index in [1.807, 2.05) is 0 Å². The molecular weight excluding hydrogens is 209 g/mol. The number of anilines is 1. The maximum absolute atomic E-state index is 13.2. The Kier molecular flexibility index (Phi) is 2.52. The van der Waals surface area contributed by atoms with Gasteiger partial charge in [0.05, 0.1) is 24.7 Å². The minimum Gasteiger partial charge on any atom is -0.496 e. The molecule has 0 aliphatic heterocycles. The third-order valence-corrected chi connectivity index (χ3v) is 2.38. The highest BCUT2D eigenvalue weighted by Gasteiger charge is 2.14. The van der Waals surface area contributed by atoms with E-state index in [-0.39, 0.29) is 5.82 Å². The molecule has 4 nitrogen and oxygen atoms in total. The molecule has 0 aliphatic rings. The summed E-state index contributed by atoms with van der Waals surface area (Å²) in [7, 11) is 3.28. The highest BCUT2D eigenvalue weighted by Crippen LogP contribution is 2.33. The van der Waals surface area contributed by atoms with Crippen LogP contribution in [0.1, 0.15) is 0 Å². The van der Waals surface area contributed by atoms with Crippen molar-refractivity contribution in [2.24, 2.45) is 7.05 Å². The first-order valence-corrected chi connectivity index (χ1v) is 4.75. The lowest BCUT2D eigenvalue weighted by Gasteiger charge is -2.09. The highest BCUT2D eigenvalue weighted by atomic mass is 19.1. The number of benzene rings is 1. The van der Waals surface area contributed by atoms with Crippen molar-refractivity contribution < 1.29 is 9.13 Å². The van der Waals surface area contributed by atoms with Crippen LogP contribution in [0.3, 0.4) is 0 Å². The maximum Gasteiger partial charge on any atom is 0.128 e. The molecule has 0 amide bonds. The molecule has 0 unspecified atom stereocenters. The van der Waals surface area contributed by atoms with Crippen LogP contribution in [0.5, 0.6) is 5.75 Å². The summed E-state index contributed by atoms with van der Waals surface area (Å²) >= 11 is 0. The van der Waals surface area contributed by atoms with E-state index >= 15 is 0 Å². The van der Waals surface area contributed by atoms with E-state index in [9.17, 15) is 4.39 Å². The number of nitrogens with zero attached hydrogens (tertiary/aromatic N) is 2. The van der Waals surface area contributed by atoms with Crippen molar-refractivity contribution in [1.29, 1.82) is 0 Å². The molecule has 1 heterocycles. The first kappa shape index (κ1) is 10.5. The van der Waals surface area contributed by atoms with Gasteiger partial charge in [-0.25, -0.2) is 4.39 Å². The first-order chi connectivity index (χ1) is 7.63. The summed E-state index contributed by atoms with van der Waals surface area (Å²) in [6.45, 7) is 0. The van der Waals surface area contributed by atoms with Crippen molar-refractivity contribution in [3.63, 3.8) is 0 Å². The Morgan fingerprint density at radius 3 is 2.75 bits per heavy atom. The van der Waals surface area contributed by atoms with Crippen LogP contribution in [0, 0.1) is 5.82 Å². The molecule has 0 atom stereocenters. The van der Waals surface area contributed by atoms with Crippen LogP contribution in [-0.4, -0.2) is 16.9 Å². The van der Waals surface area contributed by atoms with E-state index in [2.05, 4.69) is 5.10 Å². The minimum atomic E-state index is -0.337. The van der Waals surface area contributed by atoms with Crippen molar-refractivity contribution in [3.8, 4) is 17.0 Å². The van der Waals surface area contributed by atoms with E-state index in [0.717, 1.165) is 0 Å². The summed E-state index contributed by atoms with van der Waals surface area (Å²) in [6.07, 6.45) is 1.53. The fraction of sp³-hybridized carbons (Fsp3) is 0.182. The standard InChI is InChI=1S/C11H12FN3O/c1-15-11(9(13)6-14-15)8-5-7(12)3-4-10(8)16-2/h3-6H,13H2,1-2H3. The van der Waals surface area contributed by atoms with E-state index in [4.69, 9.17) is 10.5 Å². The number of hydrogen-bond acceptors (Lipinski definition) is 3. The molecule has 0 radical (unpaired) electrons. The molecule has 0 spiro atoms. The largest absolute Gasteiger partial charge is 0.496 e. The van der Waals surface area contributed by atoms with Crippen LogP contribution < -0.4 is 10.5 Å². The average molecular weight is 221 g/mol. The van der Waals surface area contributed by atoms with Crippen LogP contribution in [0.15, 0.2) is 24.4 Å². The number of ether oxygens (including phenoxy) is 1. The topological polar surface area (TPSA) is 53.1 Å². The smallest absolute Gasteiger partial charge is 0.128 e. The highest BCUT2D eigenvalue weighted by molar-refractivity contribution is 5.77. The Hall–Kier alpha value is -2.04. The van der Waals surface area contributed by atoms with E-state index in [0.29, 0.717) is 22.7 Å². The molecule has 0 saturated heterocycles. The second-order valence-corrected chi connectivity index (χ2v) is 3.42. The Bertz CT molecular complexity index is 502. The van der Waals surface area contributed by atoms with Crippen molar-refractivity contribution in [2.75, 3.05) is 12.8 Å². The van der Waals surface area contributed by atoms with E-state index in [1.54, 1.807) is 17.8 Å². The van der Waals surface area contributed by atoms with Crippen LogP contribution in [0.4, 0.5) is 10.1 Å². The van der Waals surface area contributed by atoms with Gasteiger partial charge in [-0.15, -0.1) is 0 Å². The predicted octanol–water partition coefficient (Wildman–Crippen LogP) is 1.82. The number of nitrogen functional groups attached to an aromatic ring is 1. The number of nitrogens with two attached hydrogens (primary N) is 1. The second-order valence-electron chi connectivity index (χ2n) is 3.42.